The molecular formula is C14H21NO2. The molecule has 0 aromatic carbocycles. The number of hydrogen-bond donors (Lipinski definition) is 1. The highest BCUT2D eigenvalue weighted by atomic mass is 16.2. The maximum Gasteiger partial charge on any atom is 0.230 e. The van der Waals surface area contributed by atoms with E-state index < -0.39 is 0 Å². The monoisotopic (exact) mass is 235 g/mol. The summed E-state index contributed by atoms with van der Waals surface area (Å²) in [5.41, 5.74) is 0. The third-order valence-corrected chi connectivity index (χ3v) is 4.08. The van der Waals surface area contributed by atoms with Crippen LogP contribution in [0.5, 0.6) is 0 Å². The number of amides is 2. The molecule has 0 radical (unpaired) electrons. The molecule has 1 aliphatic heterocycles. The molecule has 17 heavy (non-hydrogen) atoms. The molecule has 2 rings (SSSR count). The van der Waals surface area contributed by atoms with Gasteiger partial charge in [0.2, 0.25) is 11.8 Å². The third-order valence-electron chi connectivity index (χ3n) is 4.08. The molecule has 1 fully saturated rings. The topological polar surface area (TPSA) is 46.2 Å². The highest BCUT2D eigenvalue weighted by Gasteiger charge is 2.41. The average molecular weight is 235 g/mol. The van der Waals surface area contributed by atoms with Gasteiger partial charge < -0.3 is 0 Å². The van der Waals surface area contributed by atoms with E-state index in [2.05, 4.69) is 31.3 Å². The summed E-state index contributed by atoms with van der Waals surface area (Å²) in [4.78, 5) is 23.5. The Bertz CT molecular complexity index is 346. The van der Waals surface area contributed by atoms with Gasteiger partial charge in [-0.15, -0.1) is 0 Å². The summed E-state index contributed by atoms with van der Waals surface area (Å²) in [5, 5.41) is 2.48. The van der Waals surface area contributed by atoms with E-state index in [0.29, 0.717) is 18.3 Å². The summed E-state index contributed by atoms with van der Waals surface area (Å²) < 4.78 is 0. The maximum atomic E-state index is 11.9. The van der Waals surface area contributed by atoms with Crippen molar-refractivity contribution in [3.63, 3.8) is 0 Å². The van der Waals surface area contributed by atoms with Crippen LogP contribution in [-0.4, -0.2) is 11.8 Å². The minimum absolute atomic E-state index is 0.00389. The van der Waals surface area contributed by atoms with Crippen molar-refractivity contribution in [3.05, 3.63) is 12.2 Å². The van der Waals surface area contributed by atoms with Crippen molar-refractivity contribution in [2.75, 3.05) is 0 Å². The predicted octanol–water partition coefficient (Wildman–Crippen LogP) is 2.28. The zero-order valence-corrected chi connectivity index (χ0v) is 10.6. The molecule has 94 valence electrons. The SMILES string of the molecule is CC(C)C1C(=O)NC(=O)CC1C1CC=CCC1. The Morgan fingerprint density at radius 3 is 2.65 bits per heavy atom. The molecule has 1 heterocycles. The van der Waals surface area contributed by atoms with Gasteiger partial charge in [-0.1, -0.05) is 26.0 Å². The second kappa shape index (κ2) is 5.03. The number of rotatable bonds is 2. The van der Waals surface area contributed by atoms with Crippen molar-refractivity contribution in [3.8, 4) is 0 Å². The lowest BCUT2D eigenvalue weighted by atomic mass is 9.68. The molecule has 3 heteroatoms. The molecule has 3 atom stereocenters. The van der Waals surface area contributed by atoms with Crippen LogP contribution in [0, 0.1) is 23.7 Å². The Balaban J connectivity index is 2.17. The first-order valence-electron chi connectivity index (χ1n) is 6.58. The third kappa shape index (κ3) is 2.59. The molecule has 1 N–H and O–H groups in total. The van der Waals surface area contributed by atoms with Gasteiger partial charge in [0, 0.05) is 12.3 Å². The van der Waals surface area contributed by atoms with Gasteiger partial charge in [0.15, 0.2) is 0 Å². The Morgan fingerprint density at radius 2 is 2.06 bits per heavy atom. The van der Waals surface area contributed by atoms with Crippen molar-refractivity contribution in [1.82, 2.24) is 5.32 Å². The van der Waals surface area contributed by atoms with E-state index in [1.54, 1.807) is 0 Å². The molecule has 0 aromatic rings. The molecule has 2 amide bonds. The lowest BCUT2D eigenvalue weighted by molar-refractivity contribution is -0.142. The molecule has 2 aliphatic rings. The summed E-state index contributed by atoms with van der Waals surface area (Å²) in [7, 11) is 0. The highest BCUT2D eigenvalue weighted by Crippen LogP contribution is 2.38. The summed E-state index contributed by atoms with van der Waals surface area (Å²) in [5.74, 6) is 0.897. The number of carbonyl (C=O) groups excluding carboxylic acids is 2. The van der Waals surface area contributed by atoms with Crippen LogP contribution in [0.4, 0.5) is 0 Å². The minimum Gasteiger partial charge on any atom is -0.296 e. The van der Waals surface area contributed by atoms with Crippen LogP contribution >= 0.6 is 0 Å². The van der Waals surface area contributed by atoms with E-state index in [9.17, 15) is 9.59 Å². The van der Waals surface area contributed by atoms with E-state index in [0.717, 1.165) is 19.3 Å². The van der Waals surface area contributed by atoms with Gasteiger partial charge in [-0.3, -0.25) is 14.9 Å². The number of carbonyl (C=O) groups is 2. The summed E-state index contributed by atoms with van der Waals surface area (Å²) in [6, 6.07) is 0. The first-order chi connectivity index (χ1) is 8.09. The summed E-state index contributed by atoms with van der Waals surface area (Å²) >= 11 is 0. The second-order valence-corrected chi connectivity index (χ2v) is 5.59. The van der Waals surface area contributed by atoms with E-state index in [1.165, 1.54) is 0 Å². The number of allylic oxidation sites excluding steroid dienone is 2. The van der Waals surface area contributed by atoms with Crippen LogP contribution in [0.1, 0.15) is 39.5 Å². The van der Waals surface area contributed by atoms with Crippen molar-refractivity contribution in [2.24, 2.45) is 23.7 Å². The Labute approximate surface area is 103 Å². The fourth-order valence-corrected chi connectivity index (χ4v) is 3.27. The van der Waals surface area contributed by atoms with Gasteiger partial charge in [0.05, 0.1) is 0 Å². The van der Waals surface area contributed by atoms with Gasteiger partial charge in [-0.05, 0) is 37.0 Å². The molecule has 3 unspecified atom stereocenters. The smallest absolute Gasteiger partial charge is 0.230 e. The van der Waals surface area contributed by atoms with Crippen LogP contribution in [-0.2, 0) is 9.59 Å². The zero-order valence-electron chi connectivity index (χ0n) is 10.6. The minimum atomic E-state index is -0.0912. The number of hydrogen-bond acceptors (Lipinski definition) is 2. The molecule has 0 aromatic heterocycles. The predicted molar refractivity (Wildman–Crippen MR) is 66.1 cm³/mol. The highest BCUT2D eigenvalue weighted by molar-refractivity contribution is 5.99. The molecule has 1 aliphatic carbocycles. The molecular weight excluding hydrogens is 214 g/mol. The first kappa shape index (κ1) is 12.3. The van der Waals surface area contributed by atoms with E-state index in [1.807, 2.05) is 0 Å². The standard InChI is InChI=1S/C14H21NO2/c1-9(2)13-11(8-12(16)15-14(13)17)10-6-4-3-5-7-10/h3-4,9-11,13H,5-8H2,1-2H3,(H,15,16,17). The van der Waals surface area contributed by atoms with Crippen LogP contribution in [0.3, 0.4) is 0 Å². The zero-order chi connectivity index (χ0) is 12.4. The van der Waals surface area contributed by atoms with Crippen molar-refractivity contribution in [1.29, 1.82) is 0 Å². The van der Waals surface area contributed by atoms with E-state index in [-0.39, 0.29) is 23.7 Å². The fraction of sp³-hybridized carbons (Fsp3) is 0.714. The molecule has 0 saturated carbocycles. The molecule has 0 spiro atoms. The Morgan fingerprint density at radius 1 is 1.29 bits per heavy atom. The first-order valence-corrected chi connectivity index (χ1v) is 6.58. The lowest BCUT2D eigenvalue weighted by Gasteiger charge is -2.38. The van der Waals surface area contributed by atoms with Gasteiger partial charge in [-0.25, -0.2) is 0 Å². The number of nitrogens with one attached hydrogen (secondary N) is 1. The normalized spacial score (nSPS) is 33.9. The molecule has 0 bridgehead atoms. The van der Waals surface area contributed by atoms with Gasteiger partial charge in [0.1, 0.15) is 0 Å². The largest absolute Gasteiger partial charge is 0.296 e. The van der Waals surface area contributed by atoms with Gasteiger partial charge in [-0.2, -0.15) is 0 Å². The quantitative estimate of drug-likeness (QED) is 0.589. The summed E-state index contributed by atoms with van der Waals surface area (Å²) in [6.45, 7) is 4.15. The van der Waals surface area contributed by atoms with Crippen LogP contribution in [0.2, 0.25) is 0 Å². The van der Waals surface area contributed by atoms with Crippen molar-refractivity contribution in [2.45, 2.75) is 39.5 Å². The average Bonchev–Trinajstić information content (AvgIpc) is 2.28. The van der Waals surface area contributed by atoms with E-state index >= 15 is 0 Å². The lowest BCUT2D eigenvalue weighted by Crippen LogP contribution is -2.49. The van der Waals surface area contributed by atoms with Crippen molar-refractivity contribution >= 4 is 11.8 Å². The van der Waals surface area contributed by atoms with E-state index in [4.69, 9.17) is 0 Å². The van der Waals surface area contributed by atoms with Crippen molar-refractivity contribution < 1.29 is 9.59 Å². The van der Waals surface area contributed by atoms with Gasteiger partial charge >= 0.3 is 0 Å². The molecule has 1 saturated heterocycles. The number of piperidine rings is 1. The van der Waals surface area contributed by atoms with Crippen LogP contribution in [0.15, 0.2) is 12.2 Å². The summed E-state index contributed by atoms with van der Waals surface area (Å²) in [6.07, 6.45) is 8.14. The maximum absolute atomic E-state index is 11.9. The molecule has 3 nitrogen and oxygen atoms in total. The fourth-order valence-electron chi connectivity index (χ4n) is 3.27. The van der Waals surface area contributed by atoms with Gasteiger partial charge in [0.25, 0.3) is 0 Å². The van der Waals surface area contributed by atoms with Crippen LogP contribution in [0.25, 0.3) is 0 Å². The number of imide groups is 1. The second-order valence-electron chi connectivity index (χ2n) is 5.59. The van der Waals surface area contributed by atoms with Crippen LogP contribution < -0.4 is 5.32 Å². The Kier molecular flexibility index (Phi) is 3.65. The Hall–Kier alpha value is -1.12.